The van der Waals surface area contributed by atoms with Gasteiger partial charge in [-0.3, -0.25) is 4.90 Å². The fourth-order valence-electron chi connectivity index (χ4n) is 4.65. The molecule has 0 radical (unpaired) electrons. The predicted octanol–water partition coefficient (Wildman–Crippen LogP) is 1.32. The molecule has 2 bridgehead atoms. The predicted molar refractivity (Wildman–Crippen MR) is 73.4 cm³/mol. The highest BCUT2D eigenvalue weighted by Gasteiger charge is 2.58. The lowest BCUT2D eigenvalue weighted by molar-refractivity contribution is 0.0463. The van der Waals surface area contributed by atoms with Crippen LogP contribution in [0, 0.1) is 23.7 Å². The third-order valence-electron chi connectivity index (χ3n) is 5.37. The Bertz CT molecular complexity index is 305. The van der Waals surface area contributed by atoms with E-state index in [2.05, 4.69) is 31.0 Å². The summed E-state index contributed by atoms with van der Waals surface area (Å²) in [4.78, 5) is 2.60. The van der Waals surface area contributed by atoms with Gasteiger partial charge in [0.25, 0.3) is 0 Å². The molecule has 6 unspecified atom stereocenters. The lowest BCUT2D eigenvalue weighted by Gasteiger charge is -2.31. The Morgan fingerprint density at radius 1 is 1.22 bits per heavy atom. The summed E-state index contributed by atoms with van der Waals surface area (Å²) < 4.78 is 0. The Morgan fingerprint density at radius 3 is 2.67 bits per heavy atom. The molecule has 6 atom stereocenters. The summed E-state index contributed by atoms with van der Waals surface area (Å²) in [6.07, 6.45) is 2.56. The van der Waals surface area contributed by atoms with Gasteiger partial charge in [-0.15, -0.1) is 0 Å². The van der Waals surface area contributed by atoms with Crippen LogP contribution in [0.2, 0.25) is 0 Å². The van der Waals surface area contributed by atoms with Gasteiger partial charge in [0.15, 0.2) is 0 Å². The van der Waals surface area contributed by atoms with Gasteiger partial charge in [-0.1, -0.05) is 20.8 Å². The van der Waals surface area contributed by atoms with Crippen LogP contribution in [0.5, 0.6) is 0 Å². The minimum Gasteiger partial charge on any atom is -0.391 e. The van der Waals surface area contributed by atoms with E-state index in [9.17, 15) is 5.11 Å². The van der Waals surface area contributed by atoms with Gasteiger partial charge in [-0.2, -0.15) is 0 Å². The number of hydrogen-bond donors (Lipinski definition) is 2. The quantitative estimate of drug-likeness (QED) is 0.775. The molecule has 0 spiro atoms. The Kier molecular flexibility index (Phi) is 3.41. The van der Waals surface area contributed by atoms with Crippen molar-refractivity contribution in [1.29, 1.82) is 0 Å². The first-order chi connectivity index (χ1) is 8.56. The minimum absolute atomic E-state index is 0.0287. The van der Waals surface area contributed by atoms with E-state index in [-0.39, 0.29) is 6.10 Å². The van der Waals surface area contributed by atoms with E-state index in [0.29, 0.717) is 23.9 Å². The van der Waals surface area contributed by atoms with Crippen LogP contribution in [-0.4, -0.2) is 47.8 Å². The van der Waals surface area contributed by atoms with Gasteiger partial charge < -0.3 is 10.4 Å². The third kappa shape index (κ3) is 2.10. The lowest BCUT2D eigenvalue weighted by Crippen LogP contribution is -2.44. The zero-order valence-electron chi connectivity index (χ0n) is 12.0. The first-order valence-corrected chi connectivity index (χ1v) is 7.71. The van der Waals surface area contributed by atoms with Crippen molar-refractivity contribution in [2.45, 2.75) is 51.8 Å². The van der Waals surface area contributed by atoms with Crippen LogP contribution in [0.1, 0.15) is 33.6 Å². The average molecular weight is 252 g/mol. The van der Waals surface area contributed by atoms with Gasteiger partial charge in [0, 0.05) is 25.2 Å². The second-order valence-corrected chi connectivity index (χ2v) is 7.26. The van der Waals surface area contributed by atoms with Crippen molar-refractivity contribution in [3.8, 4) is 0 Å². The van der Waals surface area contributed by atoms with Gasteiger partial charge in [0.2, 0.25) is 0 Å². The van der Waals surface area contributed by atoms with Crippen LogP contribution in [0.3, 0.4) is 0 Å². The second-order valence-electron chi connectivity index (χ2n) is 7.26. The third-order valence-corrected chi connectivity index (χ3v) is 5.37. The topological polar surface area (TPSA) is 35.5 Å². The summed E-state index contributed by atoms with van der Waals surface area (Å²) in [5.41, 5.74) is 0. The zero-order chi connectivity index (χ0) is 12.9. The van der Waals surface area contributed by atoms with Crippen molar-refractivity contribution in [2.24, 2.45) is 23.7 Å². The summed E-state index contributed by atoms with van der Waals surface area (Å²) in [7, 11) is 0. The molecule has 2 aliphatic carbocycles. The smallest absolute Gasteiger partial charge is 0.0726 e. The zero-order valence-corrected chi connectivity index (χ0v) is 12.0. The number of rotatable bonds is 5. The normalized spacial score (nSPS) is 44.2. The van der Waals surface area contributed by atoms with Crippen molar-refractivity contribution in [3.63, 3.8) is 0 Å². The lowest BCUT2D eigenvalue weighted by atomic mass is 9.88. The Hall–Kier alpha value is -0.120. The monoisotopic (exact) mass is 252 g/mol. The largest absolute Gasteiger partial charge is 0.391 e. The molecular weight excluding hydrogens is 224 g/mol. The fraction of sp³-hybridized carbons (Fsp3) is 1.00. The van der Waals surface area contributed by atoms with Crippen LogP contribution >= 0.6 is 0 Å². The maximum Gasteiger partial charge on any atom is 0.0726 e. The van der Waals surface area contributed by atoms with Gasteiger partial charge in [-0.05, 0) is 43.1 Å². The number of hydrogen-bond acceptors (Lipinski definition) is 3. The van der Waals surface area contributed by atoms with Crippen molar-refractivity contribution in [3.05, 3.63) is 0 Å². The number of aliphatic hydroxyl groups is 1. The number of nitrogens with one attached hydrogen (secondary N) is 1. The van der Waals surface area contributed by atoms with E-state index < -0.39 is 0 Å². The Morgan fingerprint density at radius 2 is 2.00 bits per heavy atom. The molecule has 3 fully saturated rings. The number of nitrogens with zero attached hydrogens (tertiary/aromatic N) is 1. The maximum atomic E-state index is 10.3. The summed E-state index contributed by atoms with van der Waals surface area (Å²) >= 11 is 0. The molecule has 3 heteroatoms. The average Bonchev–Trinajstić information content (AvgIpc) is 2.88. The van der Waals surface area contributed by atoms with Gasteiger partial charge in [0.05, 0.1) is 6.10 Å². The van der Waals surface area contributed by atoms with E-state index in [4.69, 9.17) is 0 Å². The number of likely N-dealkylation sites (tertiary alicyclic amines) is 1. The summed E-state index contributed by atoms with van der Waals surface area (Å²) in [5, 5.41) is 13.9. The van der Waals surface area contributed by atoms with Gasteiger partial charge in [0.1, 0.15) is 0 Å². The molecule has 3 nitrogen and oxygen atoms in total. The molecule has 2 saturated carbocycles. The summed E-state index contributed by atoms with van der Waals surface area (Å²) in [6, 6.07) is 1.07. The minimum atomic E-state index is -0.0287. The van der Waals surface area contributed by atoms with E-state index in [0.717, 1.165) is 24.9 Å². The van der Waals surface area contributed by atoms with Crippen LogP contribution < -0.4 is 5.32 Å². The Labute approximate surface area is 111 Å². The van der Waals surface area contributed by atoms with Crippen LogP contribution in [-0.2, 0) is 0 Å². The molecule has 0 amide bonds. The molecule has 1 heterocycles. The molecule has 0 aromatic rings. The van der Waals surface area contributed by atoms with Crippen LogP contribution in [0.25, 0.3) is 0 Å². The van der Waals surface area contributed by atoms with Crippen molar-refractivity contribution < 1.29 is 5.11 Å². The van der Waals surface area contributed by atoms with Gasteiger partial charge >= 0.3 is 0 Å². The molecule has 0 aromatic heterocycles. The second kappa shape index (κ2) is 4.77. The first kappa shape index (κ1) is 12.9. The Balaban J connectivity index is 1.55. The number of aliphatic hydroxyl groups excluding tert-OH is 1. The highest BCUT2D eigenvalue weighted by molar-refractivity contribution is 5.10. The molecule has 3 rings (SSSR count). The van der Waals surface area contributed by atoms with Gasteiger partial charge in [-0.25, -0.2) is 0 Å². The molecule has 1 saturated heterocycles. The van der Waals surface area contributed by atoms with Crippen LogP contribution in [0.4, 0.5) is 0 Å². The van der Waals surface area contributed by atoms with Crippen molar-refractivity contribution in [2.75, 3.05) is 19.6 Å². The summed E-state index contributed by atoms with van der Waals surface area (Å²) in [5.74, 6) is 3.01. The molecule has 104 valence electrons. The van der Waals surface area contributed by atoms with E-state index >= 15 is 0 Å². The van der Waals surface area contributed by atoms with E-state index in [1.54, 1.807) is 0 Å². The molecular formula is C15H28N2O. The first-order valence-electron chi connectivity index (χ1n) is 7.71. The van der Waals surface area contributed by atoms with Crippen molar-refractivity contribution in [1.82, 2.24) is 10.2 Å². The van der Waals surface area contributed by atoms with E-state index in [1.165, 1.54) is 19.4 Å². The van der Waals surface area contributed by atoms with Crippen LogP contribution in [0.15, 0.2) is 0 Å². The number of fused-ring (bicyclic) bond motifs is 1. The summed E-state index contributed by atoms with van der Waals surface area (Å²) in [6.45, 7) is 10.2. The fourth-order valence-corrected chi connectivity index (χ4v) is 4.65. The molecule has 3 aliphatic rings. The molecule has 1 aliphatic heterocycles. The highest BCUT2D eigenvalue weighted by Crippen LogP contribution is 2.54. The molecule has 0 aromatic carbocycles. The van der Waals surface area contributed by atoms with Crippen molar-refractivity contribution >= 4 is 0 Å². The SMILES string of the molecule is CC(CNC(C)C)CN1CC2CC3CC2C1C3O. The maximum absolute atomic E-state index is 10.3. The van der Waals surface area contributed by atoms with E-state index in [1.807, 2.05) is 0 Å². The standard InChI is InChI=1S/C15H28N2O/c1-9(2)16-6-10(3)7-17-8-12-4-11-5-13(12)14(17)15(11)18/h9-16,18H,4-8H2,1-3H3. The molecule has 2 N–H and O–H groups in total. The highest BCUT2D eigenvalue weighted by atomic mass is 16.3. The molecule has 18 heavy (non-hydrogen) atoms.